The molecule has 3 rings (SSSR count). The fourth-order valence-corrected chi connectivity index (χ4v) is 2.81. The molecule has 0 saturated carbocycles. The van der Waals surface area contributed by atoms with Crippen molar-refractivity contribution in [3.63, 3.8) is 0 Å². The summed E-state index contributed by atoms with van der Waals surface area (Å²) in [6.07, 6.45) is 0. The predicted molar refractivity (Wildman–Crippen MR) is 105 cm³/mol. The van der Waals surface area contributed by atoms with Crippen molar-refractivity contribution in [2.45, 2.75) is 26.3 Å². The summed E-state index contributed by atoms with van der Waals surface area (Å²) in [4.78, 5) is 6.54. The topological polar surface area (TPSA) is 60.6 Å². The molecule has 0 amide bonds. The molecule has 2 aromatic carbocycles. The van der Waals surface area contributed by atoms with Gasteiger partial charge in [-0.2, -0.15) is 4.98 Å². The number of ether oxygens (including phenoxy) is 2. The van der Waals surface area contributed by atoms with Crippen LogP contribution in [0, 0.1) is 0 Å². The lowest BCUT2D eigenvalue weighted by Gasteiger charge is -2.18. The van der Waals surface area contributed by atoms with Gasteiger partial charge in [-0.05, 0) is 23.6 Å². The average molecular weight is 367 g/mol. The van der Waals surface area contributed by atoms with Crippen LogP contribution in [0.2, 0.25) is 0 Å². The van der Waals surface area contributed by atoms with Crippen molar-refractivity contribution in [3.8, 4) is 22.9 Å². The van der Waals surface area contributed by atoms with Gasteiger partial charge in [-0.1, -0.05) is 43.3 Å². The van der Waals surface area contributed by atoms with E-state index in [0.29, 0.717) is 35.7 Å². The molecule has 3 aromatic rings. The molecule has 0 N–H and O–H groups in total. The lowest BCUT2D eigenvalue weighted by atomic mass is 10.0. The molecular formula is C21H25N3O3. The van der Waals surface area contributed by atoms with Crippen molar-refractivity contribution >= 4 is 5.69 Å². The van der Waals surface area contributed by atoms with Crippen LogP contribution in [-0.2, 0) is 6.54 Å². The molecule has 0 fully saturated rings. The average Bonchev–Trinajstić information content (AvgIpc) is 3.15. The Morgan fingerprint density at radius 3 is 2.33 bits per heavy atom. The summed E-state index contributed by atoms with van der Waals surface area (Å²) in [6.45, 7) is 4.84. The van der Waals surface area contributed by atoms with Gasteiger partial charge in [0.05, 0.1) is 20.8 Å². The highest BCUT2D eigenvalue weighted by Crippen LogP contribution is 2.31. The van der Waals surface area contributed by atoms with E-state index in [9.17, 15) is 0 Å². The molecule has 0 spiro atoms. The number of methoxy groups -OCH3 is 2. The number of hydrogen-bond acceptors (Lipinski definition) is 6. The molecular weight excluding hydrogens is 342 g/mol. The molecule has 0 unspecified atom stereocenters. The van der Waals surface area contributed by atoms with Gasteiger partial charge >= 0.3 is 0 Å². The number of anilines is 1. The van der Waals surface area contributed by atoms with Gasteiger partial charge < -0.3 is 18.9 Å². The maximum absolute atomic E-state index is 5.43. The van der Waals surface area contributed by atoms with Gasteiger partial charge in [0, 0.05) is 24.4 Å². The number of rotatable bonds is 7. The summed E-state index contributed by atoms with van der Waals surface area (Å²) >= 11 is 0. The molecule has 0 saturated heterocycles. The van der Waals surface area contributed by atoms with Crippen molar-refractivity contribution in [1.82, 2.24) is 10.1 Å². The Bertz CT molecular complexity index is 888. The highest BCUT2D eigenvalue weighted by atomic mass is 16.5. The SMILES string of the molecule is COc1ccc(N(C)Cc2nc(-c3ccc(C(C)C)cc3)no2)cc1OC. The van der Waals surface area contributed by atoms with Crippen LogP contribution in [0.25, 0.3) is 11.4 Å². The third-order valence-corrected chi connectivity index (χ3v) is 4.48. The Hall–Kier alpha value is -3.02. The molecule has 0 bridgehead atoms. The first-order valence-electron chi connectivity index (χ1n) is 8.88. The second-order valence-corrected chi connectivity index (χ2v) is 6.68. The highest BCUT2D eigenvalue weighted by molar-refractivity contribution is 5.57. The Morgan fingerprint density at radius 1 is 1.00 bits per heavy atom. The van der Waals surface area contributed by atoms with Gasteiger partial charge in [0.2, 0.25) is 11.7 Å². The number of hydrogen-bond donors (Lipinski definition) is 0. The summed E-state index contributed by atoms with van der Waals surface area (Å²) in [7, 11) is 5.20. The molecule has 6 heteroatoms. The standard InChI is InChI=1S/C21H25N3O3/c1-14(2)15-6-8-16(9-7-15)21-22-20(27-23-21)13-24(3)17-10-11-18(25-4)19(12-17)26-5/h6-12,14H,13H2,1-5H3. The Balaban J connectivity index is 1.73. The van der Waals surface area contributed by atoms with Crippen molar-refractivity contribution < 1.29 is 14.0 Å². The van der Waals surface area contributed by atoms with E-state index in [0.717, 1.165) is 11.3 Å². The van der Waals surface area contributed by atoms with E-state index in [1.165, 1.54) is 5.56 Å². The fourth-order valence-electron chi connectivity index (χ4n) is 2.81. The van der Waals surface area contributed by atoms with Crippen LogP contribution < -0.4 is 14.4 Å². The molecule has 1 aromatic heterocycles. The summed E-state index contributed by atoms with van der Waals surface area (Å²) in [5.41, 5.74) is 3.20. The van der Waals surface area contributed by atoms with Crippen molar-refractivity contribution in [2.75, 3.05) is 26.2 Å². The van der Waals surface area contributed by atoms with Crippen molar-refractivity contribution in [1.29, 1.82) is 0 Å². The molecule has 0 atom stereocenters. The van der Waals surface area contributed by atoms with Gasteiger partial charge in [-0.15, -0.1) is 0 Å². The Morgan fingerprint density at radius 2 is 1.70 bits per heavy atom. The first kappa shape index (κ1) is 18.8. The zero-order valence-electron chi connectivity index (χ0n) is 16.4. The minimum atomic E-state index is 0.493. The molecule has 142 valence electrons. The highest BCUT2D eigenvalue weighted by Gasteiger charge is 2.13. The van der Waals surface area contributed by atoms with E-state index < -0.39 is 0 Å². The van der Waals surface area contributed by atoms with E-state index >= 15 is 0 Å². The molecule has 0 aliphatic rings. The normalized spacial score (nSPS) is 10.9. The van der Waals surface area contributed by atoms with E-state index in [4.69, 9.17) is 14.0 Å². The van der Waals surface area contributed by atoms with Crippen LogP contribution in [0.1, 0.15) is 31.2 Å². The monoisotopic (exact) mass is 367 g/mol. The number of nitrogens with zero attached hydrogens (tertiary/aromatic N) is 3. The second kappa shape index (κ2) is 8.12. The van der Waals surface area contributed by atoms with Gasteiger partial charge in [-0.3, -0.25) is 0 Å². The van der Waals surface area contributed by atoms with Crippen molar-refractivity contribution in [3.05, 3.63) is 53.9 Å². The fraction of sp³-hybridized carbons (Fsp3) is 0.333. The summed E-state index contributed by atoms with van der Waals surface area (Å²) < 4.78 is 16.1. The minimum absolute atomic E-state index is 0.493. The van der Waals surface area contributed by atoms with E-state index in [1.807, 2.05) is 42.3 Å². The van der Waals surface area contributed by atoms with Crippen LogP contribution in [0.5, 0.6) is 11.5 Å². The lowest BCUT2D eigenvalue weighted by Crippen LogP contribution is -2.16. The summed E-state index contributed by atoms with van der Waals surface area (Å²) in [5.74, 6) is 3.02. The Labute approximate surface area is 159 Å². The quantitative estimate of drug-likeness (QED) is 0.612. The van der Waals surface area contributed by atoms with Crippen LogP contribution in [0.15, 0.2) is 47.0 Å². The summed E-state index contributed by atoms with van der Waals surface area (Å²) in [5, 5.41) is 4.11. The zero-order chi connectivity index (χ0) is 19.4. The van der Waals surface area contributed by atoms with E-state index in [-0.39, 0.29) is 0 Å². The molecule has 27 heavy (non-hydrogen) atoms. The van der Waals surface area contributed by atoms with Gasteiger partial charge in [0.1, 0.15) is 0 Å². The smallest absolute Gasteiger partial charge is 0.246 e. The Kier molecular flexibility index (Phi) is 5.64. The van der Waals surface area contributed by atoms with Crippen LogP contribution in [-0.4, -0.2) is 31.4 Å². The second-order valence-electron chi connectivity index (χ2n) is 6.68. The number of aromatic nitrogens is 2. The molecule has 0 aliphatic carbocycles. The molecule has 0 radical (unpaired) electrons. The third kappa shape index (κ3) is 4.22. The first-order valence-corrected chi connectivity index (χ1v) is 8.88. The maximum atomic E-state index is 5.43. The van der Waals surface area contributed by atoms with Gasteiger partial charge in [-0.25, -0.2) is 0 Å². The summed E-state index contributed by atoms with van der Waals surface area (Å²) in [6, 6.07) is 14.0. The zero-order valence-corrected chi connectivity index (χ0v) is 16.4. The van der Waals surface area contributed by atoms with Crippen molar-refractivity contribution in [2.24, 2.45) is 0 Å². The first-order chi connectivity index (χ1) is 13.0. The van der Waals surface area contributed by atoms with Crippen LogP contribution in [0.3, 0.4) is 0 Å². The predicted octanol–water partition coefficient (Wildman–Crippen LogP) is 4.51. The van der Waals surface area contributed by atoms with Gasteiger partial charge in [0.15, 0.2) is 11.5 Å². The van der Waals surface area contributed by atoms with Crippen LogP contribution in [0.4, 0.5) is 5.69 Å². The molecule has 6 nitrogen and oxygen atoms in total. The molecule has 1 heterocycles. The largest absolute Gasteiger partial charge is 0.493 e. The van der Waals surface area contributed by atoms with Gasteiger partial charge in [0.25, 0.3) is 0 Å². The minimum Gasteiger partial charge on any atom is -0.493 e. The number of benzene rings is 2. The third-order valence-electron chi connectivity index (χ3n) is 4.48. The molecule has 0 aliphatic heterocycles. The van der Waals surface area contributed by atoms with E-state index in [1.54, 1.807) is 14.2 Å². The lowest BCUT2D eigenvalue weighted by molar-refractivity contribution is 0.355. The maximum Gasteiger partial charge on any atom is 0.246 e. The van der Waals surface area contributed by atoms with E-state index in [2.05, 4.69) is 36.1 Å². The van der Waals surface area contributed by atoms with Crippen LogP contribution >= 0.6 is 0 Å².